The second-order valence-electron chi connectivity index (χ2n) is 4.67. The molecule has 4 nitrogen and oxygen atoms in total. The van der Waals surface area contributed by atoms with E-state index < -0.39 is 0 Å². The number of aryl methyl sites for hydroxylation is 1. The van der Waals surface area contributed by atoms with Gasteiger partial charge in [0.2, 0.25) is 0 Å². The smallest absolute Gasteiger partial charge is 0.0954 e. The molecule has 0 atom stereocenters. The molecule has 0 saturated carbocycles. The van der Waals surface area contributed by atoms with E-state index in [0.29, 0.717) is 0 Å². The lowest BCUT2D eigenvalue weighted by Gasteiger charge is -2.03. The predicted molar refractivity (Wildman–Crippen MR) is 74.4 cm³/mol. The van der Waals surface area contributed by atoms with Gasteiger partial charge in [-0.05, 0) is 26.0 Å². The summed E-state index contributed by atoms with van der Waals surface area (Å²) in [6.07, 6.45) is 5.84. The Kier molecular flexibility index (Phi) is 2.91. The first-order chi connectivity index (χ1) is 9.24. The Bertz CT molecular complexity index is 679. The molecule has 1 aromatic carbocycles. The minimum atomic E-state index is 0.805. The fraction of sp³-hybridized carbons (Fsp3) is 0.200. The number of para-hydroxylation sites is 1. The van der Waals surface area contributed by atoms with Crippen LogP contribution in [-0.4, -0.2) is 19.3 Å². The largest absolute Gasteiger partial charge is 0.330 e. The van der Waals surface area contributed by atoms with Gasteiger partial charge in [0.15, 0.2) is 0 Å². The first-order valence-corrected chi connectivity index (χ1v) is 6.31. The molecule has 0 radical (unpaired) electrons. The highest BCUT2D eigenvalue weighted by Crippen LogP contribution is 2.11. The minimum Gasteiger partial charge on any atom is -0.330 e. The molecule has 0 unspecified atom stereocenters. The fourth-order valence-electron chi connectivity index (χ4n) is 2.06. The first-order valence-electron chi connectivity index (χ1n) is 6.31. The number of nitrogens with zero attached hydrogens (tertiary/aromatic N) is 4. The molecule has 0 amide bonds. The van der Waals surface area contributed by atoms with Gasteiger partial charge in [-0.3, -0.25) is 0 Å². The molecule has 0 aliphatic carbocycles. The number of hydrogen-bond acceptors (Lipinski definition) is 2. The summed E-state index contributed by atoms with van der Waals surface area (Å²) in [5.41, 5.74) is 4.53. The van der Waals surface area contributed by atoms with E-state index in [4.69, 9.17) is 0 Å². The van der Waals surface area contributed by atoms with Crippen LogP contribution in [0.4, 0.5) is 0 Å². The SMILES string of the molecule is Cc1ncn(Cc2cnn(-c3ccccc3)c2)c1C. The lowest BCUT2D eigenvalue weighted by atomic mass is 10.3. The van der Waals surface area contributed by atoms with Crippen LogP contribution in [0.1, 0.15) is 17.0 Å². The molecule has 19 heavy (non-hydrogen) atoms. The van der Waals surface area contributed by atoms with E-state index in [9.17, 15) is 0 Å². The third-order valence-electron chi connectivity index (χ3n) is 3.35. The summed E-state index contributed by atoms with van der Waals surface area (Å²) in [6, 6.07) is 10.1. The van der Waals surface area contributed by atoms with Gasteiger partial charge in [0.1, 0.15) is 0 Å². The second-order valence-corrected chi connectivity index (χ2v) is 4.67. The van der Waals surface area contributed by atoms with Gasteiger partial charge in [-0.25, -0.2) is 9.67 Å². The number of benzene rings is 1. The minimum absolute atomic E-state index is 0.805. The monoisotopic (exact) mass is 252 g/mol. The van der Waals surface area contributed by atoms with E-state index in [1.165, 1.54) is 11.3 Å². The Morgan fingerprint density at radius 3 is 2.58 bits per heavy atom. The molecule has 3 aromatic rings. The van der Waals surface area contributed by atoms with Gasteiger partial charge in [-0.2, -0.15) is 5.10 Å². The summed E-state index contributed by atoms with van der Waals surface area (Å²) < 4.78 is 4.04. The lowest BCUT2D eigenvalue weighted by molar-refractivity contribution is 0.768. The van der Waals surface area contributed by atoms with Crippen molar-refractivity contribution in [1.29, 1.82) is 0 Å². The Hall–Kier alpha value is -2.36. The van der Waals surface area contributed by atoms with Crippen molar-refractivity contribution in [2.45, 2.75) is 20.4 Å². The lowest BCUT2D eigenvalue weighted by Crippen LogP contribution is -1.99. The Morgan fingerprint density at radius 2 is 1.89 bits per heavy atom. The van der Waals surface area contributed by atoms with Crippen LogP contribution in [0.2, 0.25) is 0 Å². The van der Waals surface area contributed by atoms with Crippen molar-refractivity contribution < 1.29 is 0 Å². The highest BCUT2D eigenvalue weighted by Gasteiger charge is 2.05. The molecule has 0 aliphatic heterocycles. The van der Waals surface area contributed by atoms with E-state index in [0.717, 1.165) is 17.9 Å². The van der Waals surface area contributed by atoms with Gasteiger partial charge >= 0.3 is 0 Å². The molecule has 0 N–H and O–H groups in total. The second kappa shape index (κ2) is 4.72. The standard InChI is InChI=1S/C15H16N4/c1-12-13(2)18(11-16-12)9-14-8-17-19(10-14)15-6-4-3-5-7-15/h3-8,10-11H,9H2,1-2H3. The number of hydrogen-bond donors (Lipinski definition) is 0. The molecule has 4 heteroatoms. The van der Waals surface area contributed by atoms with Crippen LogP contribution in [0.5, 0.6) is 0 Å². The summed E-state index contributed by atoms with van der Waals surface area (Å²) in [5.74, 6) is 0. The average Bonchev–Trinajstić information content (AvgIpc) is 3.02. The molecular formula is C15H16N4. The maximum atomic E-state index is 4.40. The zero-order valence-electron chi connectivity index (χ0n) is 11.1. The highest BCUT2D eigenvalue weighted by molar-refractivity contribution is 5.31. The van der Waals surface area contributed by atoms with Crippen molar-refractivity contribution in [1.82, 2.24) is 19.3 Å². The van der Waals surface area contributed by atoms with E-state index in [-0.39, 0.29) is 0 Å². The van der Waals surface area contributed by atoms with Crippen LogP contribution >= 0.6 is 0 Å². The van der Waals surface area contributed by atoms with E-state index in [1.807, 2.05) is 54.5 Å². The topological polar surface area (TPSA) is 35.6 Å². The van der Waals surface area contributed by atoms with Crippen molar-refractivity contribution >= 4 is 0 Å². The molecule has 0 fully saturated rings. The van der Waals surface area contributed by atoms with Crippen LogP contribution in [0.25, 0.3) is 5.69 Å². The summed E-state index contributed by atoms with van der Waals surface area (Å²) >= 11 is 0. The summed E-state index contributed by atoms with van der Waals surface area (Å²) in [6.45, 7) is 4.92. The van der Waals surface area contributed by atoms with Gasteiger partial charge in [-0.1, -0.05) is 18.2 Å². The molecule has 0 spiro atoms. The number of rotatable bonds is 3. The van der Waals surface area contributed by atoms with Crippen LogP contribution in [0, 0.1) is 13.8 Å². The molecule has 0 aliphatic rings. The quantitative estimate of drug-likeness (QED) is 0.718. The van der Waals surface area contributed by atoms with Crippen molar-refractivity contribution in [3.8, 4) is 5.69 Å². The Balaban J connectivity index is 1.84. The fourth-order valence-corrected chi connectivity index (χ4v) is 2.06. The van der Waals surface area contributed by atoms with E-state index >= 15 is 0 Å². The first kappa shape index (κ1) is 11.7. The van der Waals surface area contributed by atoms with Crippen molar-refractivity contribution in [3.63, 3.8) is 0 Å². The zero-order chi connectivity index (χ0) is 13.2. The van der Waals surface area contributed by atoms with Crippen molar-refractivity contribution in [2.75, 3.05) is 0 Å². The predicted octanol–water partition coefficient (Wildman–Crippen LogP) is 2.73. The van der Waals surface area contributed by atoms with Crippen LogP contribution in [0.15, 0.2) is 49.1 Å². The average molecular weight is 252 g/mol. The highest BCUT2D eigenvalue weighted by atomic mass is 15.3. The summed E-state index contributed by atoms with van der Waals surface area (Å²) in [4.78, 5) is 4.31. The molecule has 96 valence electrons. The van der Waals surface area contributed by atoms with E-state index in [2.05, 4.69) is 27.8 Å². The normalized spacial score (nSPS) is 10.8. The van der Waals surface area contributed by atoms with Crippen LogP contribution in [-0.2, 0) is 6.54 Å². The van der Waals surface area contributed by atoms with Gasteiger partial charge in [-0.15, -0.1) is 0 Å². The zero-order valence-corrected chi connectivity index (χ0v) is 11.1. The van der Waals surface area contributed by atoms with Gasteiger partial charge in [0.05, 0.1) is 30.5 Å². The van der Waals surface area contributed by atoms with Crippen molar-refractivity contribution in [2.24, 2.45) is 0 Å². The van der Waals surface area contributed by atoms with Gasteiger partial charge < -0.3 is 4.57 Å². The summed E-state index contributed by atoms with van der Waals surface area (Å²) in [5, 5.41) is 4.40. The summed E-state index contributed by atoms with van der Waals surface area (Å²) in [7, 11) is 0. The maximum absolute atomic E-state index is 4.40. The van der Waals surface area contributed by atoms with Crippen LogP contribution in [0.3, 0.4) is 0 Å². The molecular weight excluding hydrogens is 236 g/mol. The third-order valence-corrected chi connectivity index (χ3v) is 3.35. The number of aromatic nitrogens is 4. The molecule has 2 aromatic heterocycles. The van der Waals surface area contributed by atoms with Crippen LogP contribution < -0.4 is 0 Å². The van der Waals surface area contributed by atoms with Gasteiger partial charge in [0.25, 0.3) is 0 Å². The third kappa shape index (κ3) is 2.29. The molecule has 0 bridgehead atoms. The molecule has 3 rings (SSSR count). The van der Waals surface area contributed by atoms with E-state index in [1.54, 1.807) is 0 Å². The van der Waals surface area contributed by atoms with Crippen molar-refractivity contribution in [3.05, 3.63) is 66.0 Å². The number of imidazole rings is 1. The maximum Gasteiger partial charge on any atom is 0.0954 e. The molecule has 2 heterocycles. The molecule has 0 saturated heterocycles. The van der Waals surface area contributed by atoms with Gasteiger partial charge in [0, 0.05) is 17.5 Å². The Morgan fingerprint density at radius 1 is 1.11 bits per heavy atom. The Labute approximate surface area is 112 Å².